The number of hydrogen-bond acceptors (Lipinski definition) is 33. The maximum Gasteiger partial charge on any atom is 0.480 e. The monoisotopic (exact) mass is 1780 g/mol. The van der Waals surface area contributed by atoms with Crippen LogP contribution in [0.2, 0.25) is 0 Å². The normalized spacial score (nSPS) is 26.8. The van der Waals surface area contributed by atoms with Crippen molar-refractivity contribution in [1.29, 1.82) is 0 Å². The molecular weight excluding hydrogens is 1680 g/mol. The fraction of sp³-hybridized carbons (Fsp3) is 0.569. The third-order valence-corrected chi connectivity index (χ3v) is 22.9. The molecule has 0 aromatic heterocycles. The zero-order valence-corrected chi connectivity index (χ0v) is 70.7. The first-order valence-electron chi connectivity index (χ1n) is 37.6. The van der Waals surface area contributed by atoms with Crippen LogP contribution in [-0.4, -0.2) is 221 Å². The number of hydrogen-bond donors (Lipinski definition) is 8. The van der Waals surface area contributed by atoms with Crippen LogP contribution in [0.5, 0.6) is 11.5 Å². The second-order valence-corrected chi connectivity index (χ2v) is 35.4. The van der Waals surface area contributed by atoms with Crippen molar-refractivity contribution in [1.82, 2.24) is 40.8 Å². The van der Waals surface area contributed by atoms with Crippen LogP contribution in [0, 0.1) is 10.8 Å². The predicted molar refractivity (Wildman–Crippen MR) is 420 cm³/mol. The van der Waals surface area contributed by atoms with E-state index in [1.54, 1.807) is 91.8 Å². The first kappa shape index (κ1) is 99.2. The summed E-state index contributed by atoms with van der Waals surface area (Å²) in [6, 6.07) is 13.6. The largest absolute Gasteiger partial charge is 0.480 e. The lowest BCUT2D eigenvalue weighted by atomic mass is 9.97. The maximum absolute atomic E-state index is 15.5. The van der Waals surface area contributed by atoms with Gasteiger partial charge in [-0.05, 0) is 136 Å². The average Bonchev–Trinajstić information content (AvgIpc) is 1.62. The van der Waals surface area contributed by atoms with Crippen molar-refractivity contribution in [2.45, 2.75) is 198 Å². The SMILES string of the molecule is C=C1NC(=O)C=CN1[C@@H]1O[C@](CN=[N+]=[N-])(COP(=O)(NC(C)C(=O)OC(C)C)Oc2ccccc2)[C@@H](O)[C@H]1F.C=C1NC(=O)C=CN1[C@@H]1O[C@](CN=[N+]=[N-])(COP(=O)(NC(C)C(=O)OC2CCCCC2)Oc2ccccc2)[C@@H](O)[C@H]1F.C=C1NC(=O)C=CN1[C@@H]1O[C@](CN=[N+]=[N-])(COP(=O)(OCOC(=O)C(C)(C)C)OCOC(=O)C(C)(C)C)[C@@H](O)[C@H]1F. The third-order valence-electron chi connectivity index (χ3n) is 18.3. The molecule has 44 nitrogen and oxygen atoms in total. The minimum Gasteiger partial charge on any atom is -0.462 e. The summed E-state index contributed by atoms with van der Waals surface area (Å²) in [7, 11) is -13.7. The number of amides is 3. The second-order valence-electron chi connectivity index (χ2n) is 30.3. The number of phosphoric ester groups is 1. The van der Waals surface area contributed by atoms with Crippen molar-refractivity contribution in [2.75, 3.05) is 53.0 Å². The number of nitrogens with zero attached hydrogens (tertiary/aromatic N) is 12. The molecule has 122 heavy (non-hydrogen) atoms. The minimum atomic E-state index is -4.79. The van der Waals surface area contributed by atoms with Gasteiger partial charge in [0.25, 0.3) is 17.7 Å². The first-order valence-corrected chi connectivity index (χ1v) is 42.1. The average molecular weight is 1780 g/mol. The summed E-state index contributed by atoms with van der Waals surface area (Å²) in [5.74, 6) is -4.24. The van der Waals surface area contributed by atoms with Gasteiger partial charge in [0.05, 0.1) is 56.4 Å². The van der Waals surface area contributed by atoms with E-state index in [0.717, 1.165) is 65.0 Å². The van der Waals surface area contributed by atoms with Crippen LogP contribution >= 0.6 is 23.3 Å². The Labute approximate surface area is 698 Å². The van der Waals surface area contributed by atoms with Gasteiger partial charge in [-0.15, -0.1) is 0 Å². The molecule has 2 aromatic carbocycles. The quantitative estimate of drug-likeness (QED) is 0.00600. The highest BCUT2D eigenvalue weighted by Gasteiger charge is 2.61. The fourth-order valence-electron chi connectivity index (χ4n) is 11.8. The summed E-state index contributed by atoms with van der Waals surface area (Å²) >= 11 is 0. The van der Waals surface area contributed by atoms with E-state index in [2.05, 4.69) is 75.9 Å². The van der Waals surface area contributed by atoms with Crippen molar-refractivity contribution >= 4 is 64.9 Å². The van der Waals surface area contributed by atoms with Crippen LogP contribution < -0.4 is 35.2 Å². The number of alkyl halides is 3. The topological polar surface area (TPSA) is 577 Å². The molecule has 0 radical (unpaired) electrons. The number of para-hydroxylation sites is 2. The number of halogens is 3. The van der Waals surface area contributed by atoms with E-state index in [1.807, 2.05) is 0 Å². The Bertz CT molecular complexity index is 4460. The van der Waals surface area contributed by atoms with E-state index in [-0.39, 0.29) is 35.1 Å². The number of rotatable bonds is 36. The molecular formula is C72H99F3N17O27P3. The molecule has 0 spiro atoms. The van der Waals surface area contributed by atoms with Crippen LogP contribution in [0.4, 0.5) is 13.2 Å². The summed E-state index contributed by atoms with van der Waals surface area (Å²) in [6.07, 6.45) is -6.33. The number of esters is 4. The van der Waals surface area contributed by atoms with Gasteiger partial charge < -0.3 is 88.2 Å². The number of phosphoric acid groups is 1. The molecule has 8 N–H and O–H groups in total. The van der Waals surface area contributed by atoms with Crippen molar-refractivity contribution in [3.05, 3.63) is 166 Å². The standard InChI is InChI=1S/C26H34FN6O8P.C23H30FN6O8P.C23H35FN5O11P/c1-17(25(36)39-19-9-5-3-6-10-19)31-42(37,41-20-11-7-4-8-12-20)38-16-26(15-29-32-28)23(35)22(27)24(40-26)33-14-13-21(34)30-18(33)2;1-14(2)36-22(33)15(3)28-39(34,38-17-8-6-5-7-9-17)35-13-23(12-26-29-25)20(32)19(24)21(37-23)30-11-10-18(31)27-16(30)4;1-14-27-15(30)8-9-29(14)18-16(24)17(31)23(40-18,10-26-28-25)11-37-41(34,38-12-35-19(32)21(2,3)4)39-13-36-20(33)22(5,6)7/h4,7-8,11-14,17,19,22-24,35H,2-3,5-6,9-10,15-16H2,1H3,(H,30,34)(H,31,37);5-11,14-15,19-21,32H,4,12-13H2,1-3H3,(H,27,31)(H,28,34);8-9,16-18,31H,1,10-13H2,2-7H3,(H,27,30)/t17?,22-,23+,24-,26-,42?;15?,19-,20+,21-,23-,39?;16-,17+,18-,23-/m111/s1. The summed E-state index contributed by atoms with van der Waals surface area (Å²) in [5, 5.41) is 55.0. The van der Waals surface area contributed by atoms with Crippen LogP contribution in [0.15, 0.2) is 150 Å². The van der Waals surface area contributed by atoms with Gasteiger partial charge in [0.1, 0.15) is 82.3 Å². The number of carbonyl (C=O) groups is 7. The highest BCUT2D eigenvalue weighted by molar-refractivity contribution is 7.52. The van der Waals surface area contributed by atoms with Crippen LogP contribution in [0.3, 0.4) is 0 Å². The van der Waals surface area contributed by atoms with E-state index in [0.29, 0.717) is 0 Å². The molecule has 1 saturated carbocycles. The maximum atomic E-state index is 15.5. The molecule has 1 aliphatic carbocycles. The number of aliphatic hydroxyl groups is 3. The Morgan fingerprint density at radius 2 is 0.877 bits per heavy atom. The number of nitrogens with one attached hydrogen (secondary N) is 5. The van der Waals surface area contributed by atoms with E-state index in [9.17, 15) is 62.6 Å². The summed E-state index contributed by atoms with van der Waals surface area (Å²) in [5.41, 5.74) is 18.6. The number of carbonyl (C=O) groups excluding carboxylic acids is 7. The van der Waals surface area contributed by atoms with E-state index in [4.69, 9.17) is 81.4 Å². The number of aliphatic hydroxyl groups excluding tert-OH is 3. The molecule has 16 atom stereocenters. The molecule has 3 saturated heterocycles. The Hall–Kier alpha value is -9.94. The molecule has 6 aliphatic heterocycles. The lowest BCUT2D eigenvalue weighted by molar-refractivity contribution is -0.165. The van der Waals surface area contributed by atoms with Gasteiger partial charge >= 0.3 is 47.2 Å². The highest BCUT2D eigenvalue weighted by atomic mass is 31.2. The minimum absolute atomic E-state index is 0.0205. The molecule has 3 amide bonds. The Kier molecular flexibility index (Phi) is 35.3. The van der Waals surface area contributed by atoms with E-state index >= 15 is 13.2 Å². The van der Waals surface area contributed by atoms with Gasteiger partial charge in [-0.2, -0.15) is 10.2 Å². The van der Waals surface area contributed by atoms with Gasteiger partial charge in [-0.3, -0.25) is 47.1 Å². The lowest BCUT2D eigenvalue weighted by Gasteiger charge is -2.34. The number of benzene rings is 2. The molecule has 670 valence electrons. The van der Waals surface area contributed by atoms with Crippen molar-refractivity contribution in [3.63, 3.8) is 0 Å². The van der Waals surface area contributed by atoms with Gasteiger partial charge in [-0.1, -0.05) is 77.9 Å². The number of azide groups is 3. The van der Waals surface area contributed by atoms with Gasteiger partial charge in [-0.25, -0.2) is 35.9 Å². The zero-order valence-electron chi connectivity index (χ0n) is 68.0. The van der Waals surface area contributed by atoms with Crippen molar-refractivity contribution in [2.24, 2.45) is 26.2 Å². The predicted octanol–water partition coefficient (Wildman–Crippen LogP) is 8.97. The lowest BCUT2D eigenvalue weighted by Crippen LogP contribution is -2.49. The Morgan fingerprint density at radius 3 is 1.19 bits per heavy atom. The summed E-state index contributed by atoms with van der Waals surface area (Å²) in [6.45, 7) is 20.1. The van der Waals surface area contributed by atoms with Gasteiger partial charge in [0.2, 0.25) is 13.6 Å². The Balaban J connectivity index is 0.000000252. The molecule has 4 unspecified atom stereocenters. The van der Waals surface area contributed by atoms with E-state index in [1.165, 1.54) is 56.7 Å². The van der Waals surface area contributed by atoms with Gasteiger partial charge in [0.15, 0.2) is 37.2 Å². The molecule has 0 bridgehead atoms. The fourth-order valence-corrected chi connectivity index (χ4v) is 15.9. The molecule has 7 aliphatic rings. The molecule has 6 heterocycles. The second kappa shape index (κ2) is 43.4. The molecule has 9 rings (SSSR count). The van der Waals surface area contributed by atoms with Crippen LogP contribution in [0.25, 0.3) is 31.3 Å². The molecule has 2 aromatic rings. The molecule has 50 heteroatoms. The van der Waals surface area contributed by atoms with Crippen LogP contribution in [0.1, 0.15) is 101 Å². The molecule has 4 fully saturated rings. The zero-order chi connectivity index (χ0) is 90.3. The summed E-state index contributed by atoms with van der Waals surface area (Å²) in [4.78, 5) is 95.5. The summed E-state index contributed by atoms with van der Waals surface area (Å²) < 4.78 is 163. The Morgan fingerprint density at radius 1 is 0.549 bits per heavy atom. The first-order chi connectivity index (χ1) is 57.3. The van der Waals surface area contributed by atoms with E-state index < -0.39 is 219 Å². The third kappa shape index (κ3) is 27.0. The van der Waals surface area contributed by atoms with Crippen molar-refractivity contribution in [3.8, 4) is 11.5 Å². The smallest absolute Gasteiger partial charge is 0.462 e. The number of ether oxygens (including phenoxy) is 7. The van der Waals surface area contributed by atoms with Gasteiger partial charge in [0, 0.05) is 51.6 Å². The van der Waals surface area contributed by atoms with Crippen LogP contribution in [-0.2, 0) is 103 Å². The highest BCUT2D eigenvalue weighted by Crippen LogP contribution is 2.53. The van der Waals surface area contributed by atoms with Crippen molar-refractivity contribution < 1.29 is 141 Å².